The second-order valence-corrected chi connectivity index (χ2v) is 3.89. The molecule has 0 fully saturated rings. The summed E-state index contributed by atoms with van der Waals surface area (Å²) >= 11 is 0. The smallest absolute Gasteiger partial charge is 0.220 e. The van der Waals surface area contributed by atoms with Gasteiger partial charge < -0.3 is 16.2 Å². The van der Waals surface area contributed by atoms with Gasteiger partial charge in [0.05, 0.1) is 6.10 Å². The van der Waals surface area contributed by atoms with Crippen molar-refractivity contribution in [3.8, 4) is 0 Å². The molecule has 0 spiro atoms. The van der Waals surface area contributed by atoms with Gasteiger partial charge in [-0.2, -0.15) is 0 Å². The maximum Gasteiger partial charge on any atom is 0.220 e. The molecular weight excluding hydrogens is 204 g/mol. The Labute approximate surface area is 95.5 Å². The number of carbonyl (C=O) groups is 1. The van der Waals surface area contributed by atoms with Gasteiger partial charge in [0.2, 0.25) is 5.91 Å². The van der Waals surface area contributed by atoms with E-state index in [-0.39, 0.29) is 5.91 Å². The van der Waals surface area contributed by atoms with E-state index in [1.165, 1.54) is 0 Å². The minimum atomic E-state index is -0.500. The highest BCUT2D eigenvalue weighted by Crippen LogP contribution is 2.07. The van der Waals surface area contributed by atoms with Gasteiger partial charge in [0.15, 0.2) is 0 Å². The molecule has 0 bridgehead atoms. The maximum absolute atomic E-state index is 11.3. The molecule has 0 unspecified atom stereocenters. The van der Waals surface area contributed by atoms with Crippen molar-refractivity contribution in [1.82, 2.24) is 5.32 Å². The number of nitrogen functional groups attached to an aromatic ring is 1. The number of hydrogen-bond acceptors (Lipinski definition) is 3. The zero-order chi connectivity index (χ0) is 12.0. The summed E-state index contributed by atoms with van der Waals surface area (Å²) in [5.74, 6) is -0.0438. The zero-order valence-electron chi connectivity index (χ0n) is 9.44. The highest BCUT2D eigenvalue weighted by molar-refractivity contribution is 5.76. The van der Waals surface area contributed by atoms with Crippen LogP contribution in [0.3, 0.4) is 0 Å². The molecule has 0 aliphatic rings. The van der Waals surface area contributed by atoms with Crippen molar-refractivity contribution >= 4 is 11.6 Å². The molecule has 1 aromatic rings. The number of rotatable bonds is 5. The number of carbonyl (C=O) groups excluding carboxylic acids is 1. The van der Waals surface area contributed by atoms with Gasteiger partial charge in [-0.1, -0.05) is 12.1 Å². The number of hydrogen-bond donors (Lipinski definition) is 3. The fourth-order valence-electron chi connectivity index (χ4n) is 1.29. The van der Waals surface area contributed by atoms with Crippen molar-refractivity contribution in [2.45, 2.75) is 25.9 Å². The molecule has 4 N–H and O–H groups in total. The van der Waals surface area contributed by atoms with E-state index in [2.05, 4.69) is 5.32 Å². The summed E-state index contributed by atoms with van der Waals surface area (Å²) in [6.07, 6.45) is 0.614. The Morgan fingerprint density at radius 3 is 2.62 bits per heavy atom. The monoisotopic (exact) mass is 222 g/mol. The van der Waals surface area contributed by atoms with E-state index < -0.39 is 6.10 Å². The quantitative estimate of drug-likeness (QED) is 0.642. The molecule has 0 aliphatic carbocycles. The fraction of sp³-hybridized carbons (Fsp3) is 0.417. The number of anilines is 1. The molecule has 1 aromatic carbocycles. The summed E-state index contributed by atoms with van der Waals surface area (Å²) in [4.78, 5) is 11.3. The van der Waals surface area contributed by atoms with E-state index in [1.54, 1.807) is 6.92 Å². The first-order chi connectivity index (χ1) is 7.58. The number of aryl methyl sites for hydroxylation is 1. The molecule has 1 rings (SSSR count). The van der Waals surface area contributed by atoms with Crippen LogP contribution in [0.15, 0.2) is 24.3 Å². The Morgan fingerprint density at radius 2 is 2.06 bits per heavy atom. The number of amides is 1. The third kappa shape index (κ3) is 4.79. The van der Waals surface area contributed by atoms with E-state index in [4.69, 9.17) is 10.8 Å². The van der Waals surface area contributed by atoms with E-state index in [1.807, 2.05) is 24.3 Å². The van der Waals surface area contributed by atoms with Crippen LogP contribution in [0, 0.1) is 0 Å². The van der Waals surface area contributed by atoms with Gasteiger partial charge in [-0.25, -0.2) is 0 Å². The van der Waals surface area contributed by atoms with Gasteiger partial charge in [-0.15, -0.1) is 0 Å². The summed E-state index contributed by atoms with van der Waals surface area (Å²) in [6.45, 7) is 1.95. The maximum atomic E-state index is 11.3. The second-order valence-electron chi connectivity index (χ2n) is 3.89. The lowest BCUT2D eigenvalue weighted by atomic mass is 10.1. The van der Waals surface area contributed by atoms with Crippen LogP contribution in [-0.2, 0) is 11.2 Å². The normalized spacial score (nSPS) is 12.1. The molecule has 88 valence electrons. The Morgan fingerprint density at radius 1 is 1.44 bits per heavy atom. The lowest BCUT2D eigenvalue weighted by Gasteiger charge is -2.07. The summed E-state index contributed by atoms with van der Waals surface area (Å²) in [5.41, 5.74) is 7.37. The molecule has 1 atom stereocenters. The summed E-state index contributed by atoms with van der Waals surface area (Å²) < 4.78 is 0. The average molecular weight is 222 g/mol. The van der Waals surface area contributed by atoms with Crippen molar-refractivity contribution in [3.05, 3.63) is 29.8 Å². The van der Waals surface area contributed by atoms with Crippen LogP contribution in [0.4, 0.5) is 5.69 Å². The second kappa shape index (κ2) is 6.12. The molecule has 1 amide bonds. The minimum Gasteiger partial charge on any atom is -0.399 e. The van der Waals surface area contributed by atoms with Crippen LogP contribution in [0.25, 0.3) is 0 Å². The number of benzene rings is 1. The van der Waals surface area contributed by atoms with Crippen molar-refractivity contribution in [3.63, 3.8) is 0 Å². The topological polar surface area (TPSA) is 75.3 Å². The third-order valence-electron chi connectivity index (χ3n) is 2.22. The summed E-state index contributed by atoms with van der Waals surface area (Å²) in [6, 6.07) is 7.47. The third-order valence-corrected chi connectivity index (χ3v) is 2.22. The predicted octanol–water partition coefficient (Wildman–Crippen LogP) is 0.698. The van der Waals surface area contributed by atoms with Crippen LogP contribution >= 0.6 is 0 Å². The standard InChI is InChI=1S/C12H18N2O2/c1-9(15)8-14-12(16)7-4-10-2-5-11(13)6-3-10/h2-3,5-6,9,15H,4,7-8,13H2,1H3,(H,14,16)/t9-/m1/s1. The SMILES string of the molecule is C[C@@H](O)CNC(=O)CCc1ccc(N)cc1. The van der Waals surface area contributed by atoms with Crippen molar-refractivity contribution in [2.24, 2.45) is 0 Å². The van der Waals surface area contributed by atoms with E-state index in [0.717, 1.165) is 11.3 Å². The van der Waals surface area contributed by atoms with Crippen molar-refractivity contribution < 1.29 is 9.90 Å². The molecule has 4 heteroatoms. The minimum absolute atomic E-state index is 0.0438. The predicted molar refractivity (Wildman–Crippen MR) is 63.9 cm³/mol. The number of aliphatic hydroxyl groups excluding tert-OH is 1. The summed E-state index contributed by atoms with van der Waals surface area (Å²) in [7, 11) is 0. The van der Waals surface area contributed by atoms with Gasteiger partial charge in [-0.05, 0) is 31.0 Å². The first-order valence-electron chi connectivity index (χ1n) is 5.37. The number of nitrogens with one attached hydrogen (secondary N) is 1. The average Bonchev–Trinajstić information content (AvgIpc) is 2.25. The van der Waals surface area contributed by atoms with Crippen LogP contribution in [0.5, 0.6) is 0 Å². The largest absolute Gasteiger partial charge is 0.399 e. The Kier molecular flexibility index (Phi) is 4.79. The first kappa shape index (κ1) is 12.5. The van der Waals surface area contributed by atoms with Crippen LogP contribution in [0.1, 0.15) is 18.9 Å². The molecule has 16 heavy (non-hydrogen) atoms. The van der Waals surface area contributed by atoms with Gasteiger partial charge in [0.1, 0.15) is 0 Å². The highest BCUT2D eigenvalue weighted by Gasteiger charge is 2.03. The molecule has 0 saturated heterocycles. The molecular formula is C12H18N2O2. The Balaban J connectivity index is 2.29. The van der Waals surface area contributed by atoms with Gasteiger partial charge >= 0.3 is 0 Å². The van der Waals surface area contributed by atoms with E-state index in [9.17, 15) is 4.79 Å². The van der Waals surface area contributed by atoms with Crippen molar-refractivity contribution in [2.75, 3.05) is 12.3 Å². The molecule has 0 aromatic heterocycles. The molecule has 0 aliphatic heterocycles. The van der Waals surface area contributed by atoms with Crippen LogP contribution < -0.4 is 11.1 Å². The molecule has 4 nitrogen and oxygen atoms in total. The van der Waals surface area contributed by atoms with E-state index in [0.29, 0.717) is 19.4 Å². The van der Waals surface area contributed by atoms with Gasteiger partial charge in [0.25, 0.3) is 0 Å². The highest BCUT2D eigenvalue weighted by atomic mass is 16.3. The number of aliphatic hydroxyl groups is 1. The van der Waals surface area contributed by atoms with Crippen LogP contribution in [-0.4, -0.2) is 23.7 Å². The van der Waals surface area contributed by atoms with Crippen molar-refractivity contribution in [1.29, 1.82) is 0 Å². The van der Waals surface area contributed by atoms with Gasteiger partial charge in [0, 0.05) is 18.7 Å². The van der Waals surface area contributed by atoms with Crippen LogP contribution in [0.2, 0.25) is 0 Å². The fourth-order valence-corrected chi connectivity index (χ4v) is 1.29. The lowest BCUT2D eigenvalue weighted by molar-refractivity contribution is -0.121. The summed E-state index contributed by atoms with van der Waals surface area (Å²) in [5, 5.41) is 11.6. The molecule has 0 saturated carbocycles. The molecule has 0 heterocycles. The Bertz CT molecular complexity index is 333. The zero-order valence-corrected chi connectivity index (χ0v) is 9.44. The Hall–Kier alpha value is -1.55. The van der Waals surface area contributed by atoms with E-state index >= 15 is 0 Å². The molecule has 0 radical (unpaired) electrons. The lowest BCUT2D eigenvalue weighted by Crippen LogP contribution is -2.30. The van der Waals surface area contributed by atoms with Gasteiger partial charge in [-0.3, -0.25) is 4.79 Å². The number of nitrogens with two attached hydrogens (primary N) is 1. The first-order valence-corrected chi connectivity index (χ1v) is 5.37.